The van der Waals surface area contributed by atoms with Gasteiger partial charge in [-0.2, -0.15) is 0 Å². The van der Waals surface area contributed by atoms with Gasteiger partial charge in [0.05, 0.1) is 11.6 Å². The number of carbonyl (C=O) groups is 1. The van der Waals surface area contributed by atoms with Gasteiger partial charge in [0.2, 0.25) is 0 Å². The van der Waals surface area contributed by atoms with Crippen molar-refractivity contribution in [3.05, 3.63) is 65.0 Å². The first-order valence-corrected chi connectivity index (χ1v) is 7.21. The van der Waals surface area contributed by atoms with Crippen molar-refractivity contribution in [3.63, 3.8) is 0 Å². The molecule has 2 aromatic rings. The third-order valence-electron chi connectivity index (χ3n) is 4.02. The number of aromatic nitrogens is 1. The molecule has 1 aliphatic heterocycles. The van der Waals surface area contributed by atoms with E-state index in [4.69, 9.17) is 5.73 Å². The Bertz CT molecular complexity index is 669. The number of nitrogens with two attached hydrogens (primary N) is 1. The van der Waals surface area contributed by atoms with Crippen LogP contribution in [0.5, 0.6) is 0 Å². The molecule has 1 aromatic heterocycles. The van der Waals surface area contributed by atoms with Crippen LogP contribution in [0, 0.1) is 6.92 Å². The van der Waals surface area contributed by atoms with Crippen molar-refractivity contribution in [1.29, 1.82) is 0 Å². The quantitative estimate of drug-likeness (QED) is 0.917. The van der Waals surface area contributed by atoms with Gasteiger partial charge in [0.1, 0.15) is 0 Å². The highest BCUT2D eigenvalue weighted by molar-refractivity contribution is 5.94. The average Bonchev–Trinajstić information content (AvgIpc) is 2.53. The van der Waals surface area contributed by atoms with Gasteiger partial charge in [-0.3, -0.25) is 9.78 Å². The number of fused-ring (bicyclic) bond motifs is 1. The van der Waals surface area contributed by atoms with Crippen molar-refractivity contribution in [2.75, 3.05) is 13.1 Å². The van der Waals surface area contributed by atoms with E-state index in [-0.39, 0.29) is 11.9 Å². The van der Waals surface area contributed by atoms with Crippen molar-refractivity contribution >= 4 is 5.91 Å². The van der Waals surface area contributed by atoms with Crippen molar-refractivity contribution in [2.45, 2.75) is 19.4 Å². The second kappa shape index (κ2) is 5.66. The van der Waals surface area contributed by atoms with Crippen LogP contribution in [-0.4, -0.2) is 28.9 Å². The first kappa shape index (κ1) is 13.8. The molecule has 3 rings (SSSR count). The maximum Gasteiger partial charge on any atom is 0.255 e. The lowest BCUT2D eigenvalue weighted by molar-refractivity contribution is 0.0667. The predicted molar refractivity (Wildman–Crippen MR) is 82.0 cm³/mol. The Hall–Kier alpha value is -2.20. The Balaban J connectivity index is 1.94. The zero-order valence-corrected chi connectivity index (χ0v) is 12.1. The van der Waals surface area contributed by atoms with Gasteiger partial charge in [-0.15, -0.1) is 0 Å². The molecule has 4 heteroatoms. The van der Waals surface area contributed by atoms with Gasteiger partial charge in [0.25, 0.3) is 5.91 Å². The molecule has 2 heterocycles. The molecule has 1 unspecified atom stereocenters. The molecule has 21 heavy (non-hydrogen) atoms. The first-order chi connectivity index (χ1) is 10.2. The molecule has 0 fully saturated rings. The third-order valence-corrected chi connectivity index (χ3v) is 4.02. The van der Waals surface area contributed by atoms with Crippen LogP contribution in [0.2, 0.25) is 0 Å². The fraction of sp³-hybridized carbons (Fsp3) is 0.294. The summed E-state index contributed by atoms with van der Waals surface area (Å²) >= 11 is 0. The number of rotatable bonds is 2. The van der Waals surface area contributed by atoms with Crippen LogP contribution in [0.3, 0.4) is 0 Å². The van der Waals surface area contributed by atoms with Gasteiger partial charge < -0.3 is 10.6 Å². The van der Waals surface area contributed by atoms with E-state index >= 15 is 0 Å². The Morgan fingerprint density at radius 2 is 2.19 bits per heavy atom. The van der Waals surface area contributed by atoms with E-state index in [2.05, 4.69) is 17.1 Å². The van der Waals surface area contributed by atoms with E-state index < -0.39 is 0 Å². The van der Waals surface area contributed by atoms with E-state index in [1.165, 1.54) is 11.1 Å². The van der Waals surface area contributed by atoms with Gasteiger partial charge in [0, 0.05) is 25.5 Å². The lowest BCUT2D eigenvalue weighted by atomic mass is 9.92. The Labute approximate surface area is 124 Å². The highest BCUT2D eigenvalue weighted by atomic mass is 16.2. The molecule has 108 valence electrons. The van der Waals surface area contributed by atoms with E-state index in [1.54, 1.807) is 12.4 Å². The van der Waals surface area contributed by atoms with Crippen LogP contribution >= 0.6 is 0 Å². The second-order valence-corrected chi connectivity index (χ2v) is 5.45. The first-order valence-electron chi connectivity index (χ1n) is 7.21. The molecule has 0 radical (unpaired) electrons. The fourth-order valence-electron chi connectivity index (χ4n) is 2.99. The van der Waals surface area contributed by atoms with Crippen molar-refractivity contribution in [1.82, 2.24) is 9.88 Å². The summed E-state index contributed by atoms with van der Waals surface area (Å²) in [7, 11) is 0. The molecule has 0 saturated carbocycles. The number of amides is 1. The van der Waals surface area contributed by atoms with Gasteiger partial charge >= 0.3 is 0 Å². The molecular weight excluding hydrogens is 262 g/mol. The van der Waals surface area contributed by atoms with E-state index in [0.717, 1.165) is 12.0 Å². The summed E-state index contributed by atoms with van der Waals surface area (Å²) in [5, 5.41) is 0. The smallest absolute Gasteiger partial charge is 0.255 e. The SMILES string of the molecule is Cc1cncc(C(=O)N2CCc3ccccc3C2CN)c1. The Morgan fingerprint density at radius 3 is 2.95 bits per heavy atom. The van der Waals surface area contributed by atoms with E-state index in [0.29, 0.717) is 18.7 Å². The number of hydrogen-bond donors (Lipinski definition) is 1. The van der Waals surface area contributed by atoms with Crippen LogP contribution in [0.15, 0.2) is 42.7 Å². The van der Waals surface area contributed by atoms with Crippen LogP contribution in [0.1, 0.15) is 33.1 Å². The van der Waals surface area contributed by atoms with Crippen molar-refractivity contribution in [2.24, 2.45) is 5.73 Å². The topological polar surface area (TPSA) is 59.2 Å². The second-order valence-electron chi connectivity index (χ2n) is 5.45. The number of carbonyl (C=O) groups excluding carboxylic acids is 1. The maximum atomic E-state index is 12.8. The van der Waals surface area contributed by atoms with Gasteiger partial charge in [-0.1, -0.05) is 24.3 Å². The molecular formula is C17H19N3O. The van der Waals surface area contributed by atoms with Gasteiger partial charge in [-0.05, 0) is 36.1 Å². The largest absolute Gasteiger partial charge is 0.330 e. The molecule has 1 atom stereocenters. The number of nitrogens with zero attached hydrogens (tertiary/aromatic N) is 2. The van der Waals surface area contributed by atoms with Crippen molar-refractivity contribution in [3.8, 4) is 0 Å². The van der Waals surface area contributed by atoms with Crippen molar-refractivity contribution < 1.29 is 4.79 Å². The Kier molecular flexibility index (Phi) is 3.71. The minimum atomic E-state index is -0.0528. The third kappa shape index (κ3) is 2.54. The van der Waals surface area contributed by atoms with Gasteiger partial charge in [0.15, 0.2) is 0 Å². The molecule has 1 amide bonds. The van der Waals surface area contributed by atoms with E-state index in [9.17, 15) is 4.79 Å². The summed E-state index contributed by atoms with van der Waals surface area (Å²) < 4.78 is 0. The minimum Gasteiger partial charge on any atom is -0.330 e. The number of aryl methyl sites for hydroxylation is 1. The zero-order chi connectivity index (χ0) is 14.8. The highest BCUT2D eigenvalue weighted by Crippen LogP contribution is 2.30. The summed E-state index contributed by atoms with van der Waals surface area (Å²) in [6, 6.07) is 10.1. The lowest BCUT2D eigenvalue weighted by Gasteiger charge is -2.36. The normalized spacial score (nSPS) is 17.4. The number of hydrogen-bond acceptors (Lipinski definition) is 3. The molecule has 1 aliphatic rings. The molecule has 4 nitrogen and oxygen atoms in total. The number of pyridine rings is 1. The number of benzene rings is 1. The average molecular weight is 281 g/mol. The van der Waals surface area contributed by atoms with Crippen LogP contribution in [-0.2, 0) is 6.42 Å². The lowest BCUT2D eigenvalue weighted by Crippen LogP contribution is -2.43. The Morgan fingerprint density at radius 1 is 1.38 bits per heavy atom. The summed E-state index contributed by atoms with van der Waals surface area (Å²) in [4.78, 5) is 18.8. The summed E-state index contributed by atoms with van der Waals surface area (Å²) in [6.07, 6.45) is 4.25. The minimum absolute atomic E-state index is 0.0103. The molecule has 0 aliphatic carbocycles. The zero-order valence-electron chi connectivity index (χ0n) is 12.1. The highest BCUT2D eigenvalue weighted by Gasteiger charge is 2.30. The predicted octanol–water partition coefficient (Wildman–Crippen LogP) is 2.09. The van der Waals surface area contributed by atoms with E-state index in [1.807, 2.05) is 30.0 Å². The standard InChI is InChI=1S/C17H19N3O/c1-12-8-14(11-19-10-12)17(21)20-7-6-13-4-2-3-5-15(13)16(20)9-18/h2-5,8,10-11,16H,6-7,9,18H2,1H3. The molecule has 1 aromatic carbocycles. The summed E-state index contributed by atoms with van der Waals surface area (Å²) in [5.74, 6) is 0.0103. The monoisotopic (exact) mass is 281 g/mol. The summed E-state index contributed by atoms with van der Waals surface area (Å²) in [5.41, 5.74) is 10.0. The fourth-order valence-corrected chi connectivity index (χ4v) is 2.99. The molecule has 0 bridgehead atoms. The van der Waals surface area contributed by atoms with Crippen LogP contribution in [0.4, 0.5) is 0 Å². The van der Waals surface area contributed by atoms with Crippen LogP contribution in [0.25, 0.3) is 0 Å². The molecule has 2 N–H and O–H groups in total. The van der Waals surface area contributed by atoms with Crippen LogP contribution < -0.4 is 5.73 Å². The molecule has 0 spiro atoms. The summed E-state index contributed by atoms with van der Waals surface area (Å²) in [6.45, 7) is 3.07. The molecule has 0 saturated heterocycles. The maximum absolute atomic E-state index is 12.8. The van der Waals surface area contributed by atoms with Gasteiger partial charge in [-0.25, -0.2) is 0 Å².